The van der Waals surface area contributed by atoms with Crippen molar-refractivity contribution in [1.82, 2.24) is 0 Å². The lowest BCUT2D eigenvalue weighted by Gasteiger charge is -2.08. The van der Waals surface area contributed by atoms with Gasteiger partial charge < -0.3 is 20.1 Å². The Labute approximate surface area is 151 Å². The van der Waals surface area contributed by atoms with Gasteiger partial charge in [0.25, 0.3) is 0 Å². The van der Waals surface area contributed by atoms with Crippen LogP contribution in [-0.2, 0) is 14.3 Å². The number of hydrogen-bond acceptors (Lipinski definition) is 4. The summed E-state index contributed by atoms with van der Waals surface area (Å²) in [7, 11) is 1.45. The monoisotopic (exact) mass is 360 g/mol. The summed E-state index contributed by atoms with van der Waals surface area (Å²) < 4.78 is 22.9. The van der Waals surface area contributed by atoms with Crippen LogP contribution in [0.4, 0.5) is 15.8 Å². The highest BCUT2D eigenvalue weighted by molar-refractivity contribution is 5.93. The Balaban J connectivity index is 1.68. The van der Waals surface area contributed by atoms with Crippen LogP contribution in [0.3, 0.4) is 0 Å². The largest absolute Gasteiger partial charge is 0.494 e. The molecule has 2 aromatic carbocycles. The van der Waals surface area contributed by atoms with Crippen molar-refractivity contribution in [2.75, 3.05) is 31.0 Å². The van der Waals surface area contributed by atoms with Crippen LogP contribution in [0.15, 0.2) is 48.5 Å². The van der Waals surface area contributed by atoms with E-state index in [1.54, 1.807) is 36.4 Å². The van der Waals surface area contributed by atoms with E-state index in [2.05, 4.69) is 10.6 Å². The van der Waals surface area contributed by atoms with E-state index in [9.17, 15) is 14.0 Å². The highest BCUT2D eigenvalue weighted by atomic mass is 19.1. The summed E-state index contributed by atoms with van der Waals surface area (Å²) in [5.41, 5.74) is 1.26. The van der Waals surface area contributed by atoms with Crippen molar-refractivity contribution in [3.63, 3.8) is 0 Å². The molecule has 0 spiro atoms. The molecular formula is C19H21FN2O4. The predicted octanol–water partition coefficient (Wildman–Crippen LogP) is 3.21. The highest BCUT2D eigenvalue weighted by Gasteiger charge is 2.05. The summed E-state index contributed by atoms with van der Waals surface area (Å²) in [4.78, 5) is 23.3. The lowest BCUT2D eigenvalue weighted by molar-refractivity contribution is -0.119. The quantitative estimate of drug-likeness (QED) is 0.673. The van der Waals surface area contributed by atoms with Crippen molar-refractivity contribution in [2.45, 2.75) is 12.8 Å². The van der Waals surface area contributed by atoms with Gasteiger partial charge in [-0.3, -0.25) is 9.59 Å². The molecule has 0 aliphatic rings. The van der Waals surface area contributed by atoms with E-state index in [-0.39, 0.29) is 24.2 Å². The molecule has 2 aromatic rings. The van der Waals surface area contributed by atoms with Crippen LogP contribution in [0.1, 0.15) is 12.8 Å². The molecule has 2 rings (SSSR count). The number of nitrogens with one attached hydrogen (secondary N) is 2. The summed E-state index contributed by atoms with van der Waals surface area (Å²) in [5, 5.41) is 5.44. The van der Waals surface area contributed by atoms with Gasteiger partial charge in [-0.15, -0.1) is 0 Å². The third kappa shape index (κ3) is 6.90. The molecule has 0 saturated carbocycles. The van der Waals surface area contributed by atoms with Crippen molar-refractivity contribution in [2.24, 2.45) is 0 Å². The zero-order valence-corrected chi connectivity index (χ0v) is 14.5. The Morgan fingerprint density at radius 2 is 1.50 bits per heavy atom. The fourth-order valence-electron chi connectivity index (χ4n) is 2.14. The smallest absolute Gasteiger partial charge is 0.250 e. The molecule has 0 unspecified atom stereocenters. The van der Waals surface area contributed by atoms with E-state index in [0.717, 1.165) is 0 Å². The van der Waals surface area contributed by atoms with Crippen molar-refractivity contribution in [3.8, 4) is 5.75 Å². The van der Waals surface area contributed by atoms with Gasteiger partial charge >= 0.3 is 0 Å². The molecular weight excluding hydrogens is 339 g/mol. The Morgan fingerprint density at radius 1 is 0.923 bits per heavy atom. The SMILES string of the molecule is COCC(=O)Nc1ccc(NC(=O)CCCOc2ccc(F)cc2)cc1. The number of hydrogen-bond donors (Lipinski definition) is 2. The van der Waals surface area contributed by atoms with Crippen LogP contribution in [0.5, 0.6) is 5.75 Å². The molecule has 0 atom stereocenters. The molecule has 2 amide bonds. The van der Waals surface area contributed by atoms with Gasteiger partial charge in [-0.05, 0) is 55.0 Å². The zero-order valence-electron chi connectivity index (χ0n) is 14.5. The first kappa shape index (κ1) is 19.4. The number of methoxy groups -OCH3 is 1. The number of anilines is 2. The molecule has 7 heteroatoms. The van der Waals surface area contributed by atoms with E-state index in [1.165, 1.54) is 19.2 Å². The topological polar surface area (TPSA) is 76.7 Å². The van der Waals surface area contributed by atoms with Crippen LogP contribution in [0, 0.1) is 5.82 Å². The van der Waals surface area contributed by atoms with Gasteiger partial charge in [-0.25, -0.2) is 4.39 Å². The van der Waals surface area contributed by atoms with Gasteiger partial charge in [0.2, 0.25) is 11.8 Å². The maximum atomic E-state index is 12.8. The van der Waals surface area contributed by atoms with Gasteiger partial charge in [0.15, 0.2) is 0 Å². The summed E-state index contributed by atoms with van der Waals surface area (Å²) in [5.74, 6) is -0.131. The molecule has 0 aliphatic heterocycles. The van der Waals surface area contributed by atoms with Crippen LogP contribution in [0.2, 0.25) is 0 Å². The van der Waals surface area contributed by atoms with Crippen molar-refractivity contribution >= 4 is 23.2 Å². The molecule has 26 heavy (non-hydrogen) atoms. The lowest BCUT2D eigenvalue weighted by Crippen LogP contribution is -2.17. The Kier molecular flexibility index (Phi) is 7.57. The second-order valence-corrected chi connectivity index (χ2v) is 5.51. The van der Waals surface area contributed by atoms with E-state index in [0.29, 0.717) is 36.6 Å². The van der Waals surface area contributed by atoms with Crippen LogP contribution >= 0.6 is 0 Å². The second-order valence-electron chi connectivity index (χ2n) is 5.51. The third-order valence-electron chi connectivity index (χ3n) is 3.36. The fraction of sp³-hybridized carbons (Fsp3) is 0.263. The fourth-order valence-corrected chi connectivity index (χ4v) is 2.14. The first-order chi connectivity index (χ1) is 12.6. The average Bonchev–Trinajstić information content (AvgIpc) is 2.62. The molecule has 6 nitrogen and oxygen atoms in total. The number of rotatable bonds is 9. The minimum atomic E-state index is -0.319. The lowest BCUT2D eigenvalue weighted by atomic mass is 10.2. The standard InChI is InChI=1S/C19H21FN2O4/c1-25-13-19(24)22-16-8-6-15(7-9-16)21-18(23)3-2-12-26-17-10-4-14(20)5-11-17/h4-11H,2-3,12-13H2,1H3,(H,21,23)(H,22,24). The first-order valence-electron chi connectivity index (χ1n) is 8.14. The maximum Gasteiger partial charge on any atom is 0.250 e. The van der Waals surface area contributed by atoms with Crippen LogP contribution < -0.4 is 15.4 Å². The van der Waals surface area contributed by atoms with E-state index >= 15 is 0 Å². The molecule has 0 fully saturated rings. The van der Waals surface area contributed by atoms with Gasteiger partial charge in [0.05, 0.1) is 6.61 Å². The van der Waals surface area contributed by atoms with E-state index in [1.807, 2.05) is 0 Å². The minimum absolute atomic E-state index is 0.0154. The molecule has 0 saturated heterocycles. The highest BCUT2D eigenvalue weighted by Crippen LogP contribution is 2.14. The van der Waals surface area contributed by atoms with Crippen molar-refractivity contribution < 1.29 is 23.5 Å². The number of ether oxygens (including phenoxy) is 2. The maximum absolute atomic E-state index is 12.8. The van der Waals surface area contributed by atoms with Gasteiger partial charge in [-0.2, -0.15) is 0 Å². The Morgan fingerprint density at radius 3 is 2.08 bits per heavy atom. The first-order valence-corrected chi connectivity index (χ1v) is 8.14. The zero-order chi connectivity index (χ0) is 18.8. The van der Waals surface area contributed by atoms with E-state index in [4.69, 9.17) is 9.47 Å². The Bertz CT molecular complexity index is 717. The average molecular weight is 360 g/mol. The number of carbonyl (C=O) groups is 2. The van der Waals surface area contributed by atoms with E-state index < -0.39 is 0 Å². The third-order valence-corrected chi connectivity index (χ3v) is 3.36. The second kappa shape index (κ2) is 10.1. The normalized spacial score (nSPS) is 10.2. The number of halogens is 1. The molecule has 0 heterocycles. The summed E-state index contributed by atoms with van der Waals surface area (Å²) in [6.07, 6.45) is 0.835. The summed E-state index contributed by atoms with van der Waals surface area (Å²) in [6.45, 7) is 0.349. The molecule has 0 bridgehead atoms. The number of benzene rings is 2. The van der Waals surface area contributed by atoms with Gasteiger partial charge in [0, 0.05) is 24.9 Å². The Hall–Kier alpha value is -2.93. The van der Waals surface area contributed by atoms with Gasteiger partial charge in [-0.1, -0.05) is 0 Å². The summed E-state index contributed by atoms with van der Waals surface area (Å²) in [6, 6.07) is 12.5. The minimum Gasteiger partial charge on any atom is -0.494 e. The molecule has 0 aromatic heterocycles. The number of carbonyl (C=O) groups excluding carboxylic acids is 2. The van der Waals surface area contributed by atoms with Gasteiger partial charge in [0.1, 0.15) is 18.2 Å². The predicted molar refractivity (Wildman–Crippen MR) is 96.7 cm³/mol. The molecule has 0 aliphatic carbocycles. The number of amides is 2. The molecule has 2 N–H and O–H groups in total. The molecule has 138 valence electrons. The van der Waals surface area contributed by atoms with Crippen LogP contribution in [0.25, 0.3) is 0 Å². The van der Waals surface area contributed by atoms with Crippen molar-refractivity contribution in [1.29, 1.82) is 0 Å². The van der Waals surface area contributed by atoms with Crippen molar-refractivity contribution in [3.05, 3.63) is 54.3 Å². The summed E-state index contributed by atoms with van der Waals surface area (Å²) >= 11 is 0. The molecule has 0 radical (unpaired) electrons. The van der Waals surface area contributed by atoms with Crippen LogP contribution in [-0.4, -0.2) is 32.1 Å².